The molecule has 0 bridgehead atoms. The maximum Gasteiger partial charge on any atom is 0.301 e. The van der Waals surface area contributed by atoms with Gasteiger partial charge in [0.05, 0.1) is 16.5 Å². The fraction of sp³-hybridized carbons (Fsp3) is 0.0500. The molecule has 2 heterocycles. The van der Waals surface area contributed by atoms with E-state index in [1.54, 1.807) is 29.6 Å². The fourth-order valence-corrected chi connectivity index (χ4v) is 4.01. The SMILES string of the molecule is O=C1C(=O)N(c2nccs2)[C@H](c2ccc(Cl)cc2)/C1=C(\O)c1ccc([N+](=O)[O-])cc1. The highest BCUT2D eigenvalue weighted by atomic mass is 35.5. The van der Waals surface area contributed by atoms with E-state index in [-0.39, 0.29) is 16.8 Å². The second-order valence-electron chi connectivity index (χ2n) is 6.34. The lowest BCUT2D eigenvalue weighted by atomic mass is 9.95. The average molecular weight is 442 g/mol. The zero-order valence-electron chi connectivity index (χ0n) is 15.1. The van der Waals surface area contributed by atoms with Crippen LogP contribution in [-0.2, 0) is 9.59 Å². The highest BCUT2D eigenvalue weighted by molar-refractivity contribution is 7.14. The summed E-state index contributed by atoms with van der Waals surface area (Å²) in [5.74, 6) is -2.13. The van der Waals surface area contributed by atoms with Gasteiger partial charge in [0.15, 0.2) is 5.13 Å². The lowest BCUT2D eigenvalue weighted by Gasteiger charge is -2.23. The van der Waals surface area contributed by atoms with Crippen LogP contribution in [0.4, 0.5) is 10.8 Å². The quantitative estimate of drug-likeness (QED) is 0.212. The van der Waals surface area contributed by atoms with Gasteiger partial charge in [-0.15, -0.1) is 11.3 Å². The molecule has 2 aromatic carbocycles. The van der Waals surface area contributed by atoms with Gasteiger partial charge < -0.3 is 5.11 Å². The molecule has 1 aromatic heterocycles. The van der Waals surface area contributed by atoms with Crippen molar-refractivity contribution in [2.24, 2.45) is 0 Å². The molecule has 0 unspecified atom stereocenters. The smallest absolute Gasteiger partial charge is 0.301 e. The van der Waals surface area contributed by atoms with Gasteiger partial charge >= 0.3 is 5.91 Å². The number of non-ortho nitro benzene ring substituents is 1. The lowest BCUT2D eigenvalue weighted by molar-refractivity contribution is -0.384. The molecular formula is C20H12ClN3O5S. The Morgan fingerprint density at radius 3 is 2.37 bits per heavy atom. The van der Waals surface area contributed by atoms with Crippen LogP contribution in [-0.4, -0.2) is 26.7 Å². The number of nitro benzene ring substituents is 1. The predicted octanol–water partition coefficient (Wildman–Crippen LogP) is 4.33. The molecule has 0 saturated carbocycles. The number of halogens is 1. The Hall–Kier alpha value is -3.56. The number of carbonyl (C=O) groups excluding carboxylic acids is 2. The highest BCUT2D eigenvalue weighted by Crippen LogP contribution is 2.42. The van der Waals surface area contributed by atoms with Crippen LogP contribution in [0.3, 0.4) is 0 Å². The summed E-state index contributed by atoms with van der Waals surface area (Å²) < 4.78 is 0. The average Bonchev–Trinajstić information content (AvgIpc) is 3.35. The Labute approximate surface area is 178 Å². The maximum atomic E-state index is 12.9. The van der Waals surface area contributed by atoms with Crippen LogP contribution in [0.2, 0.25) is 5.02 Å². The molecular weight excluding hydrogens is 430 g/mol. The lowest BCUT2D eigenvalue weighted by Crippen LogP contribution is -2.29. The van der Waals surface area contributed by atoms with Gasteiger partial charge in [0.1, 0.15) is 5.76 Å². The Morgan fingerprint density at radius 2 is 1.80 bits per heavy atom. The predicted molar refractivity (Wildman–Crippen MR) is 111 cm³/mol. The topological polar surface area (TPSA) is 114 Å². The number of rotatable bonds is 4. The summed E-state index contributed by atoms with van der Waals surface area (Å²) in [4.78, 5) is 41.4. The Morgan fingerprint density at radius 1 is 1.13 bits per heavy atom. The summed E-state index contributed by atoms with van der Waals surface area (Å²) >= 11 is 7.15. The fourth-order valence-electron chi connectivity index (χ4n) is 3.22. The molecule has 1 aliphatic rings. The largest absolute Gasteiger partial charge is 0.507 e. The summed E-state index contributed by atoms with van der Waals surface area (Å²) in [5.41, 5.74) is 0.435. The van der Waals surface area contributed by atoms with Crippen molar-refractivity contribution in [3.63, 3.8) is 0 Å². The van der Waals surface area contributed by atoms with Crippen molar-refractivity contribution in [1.29, 1.82) is 0 Å². The first-order valence-corrected chi connectivity index (χ1v) is 9.85. The van der Waals surface area contributed by atoms with Crippen molar-refractivity contribution >= 4 is 51.2 Å². The molecule has 0 aliphatic carbocycles. The number of benzene rings is 2. The molecule has 1 amide bonds. The van der Waals surface area contributed by atoms with Crippen LogP contribution in [0.25, 0.3) is 5.76 Å². The van der Waals surface area contributed by atoms with Gasteiger partial charge in [-0.05, 0) is 29.8 Å². The molecule has 1 atom stereocenters. The van der Waals surface area contributed by atoms with Gasteiger partial charge in [0.25, 0.3) is 11.5 Å². The number of ketones is 1. The van der Waals surface area contributed by atoms with Crippen molar-refractivity contribution in [3.05, 3.63) is 91.9 Å². The monoisotopic (exact) mass is 441 g/mol. The van der Waals surface area contributed by atoms with Crippen LogP contribution in [0.15, 0.2) is 65.7 Å². The Balaban J connectivity index is 1.90. The number of amides is 1. The zero-order chi connectivity index (χ0) is 21.4. The summed E-state index contributed by atoms with van der Waals surface area (Å²) in [6.07, 6.45) is 1.51. The zero-order valence-corrected chi connectivity index (χ0v) is 16.6. The molecule has 3 aromatic rings. The first kappa shape index (κ1) is 19.7. The van der Waals surface area contributed by atoms with Gasteiger partial charge in [-0.3, -0.25) is 24.6 Å². The molecule has 10 heteroatoms. The number of hydrogen-bond acceptors (Lipinski definition) is 7. The second kappa shape index (κ2) is 7.69. The minimum absolute atomic E-state index is 0.133. The molecule has 4 rings (SSSR count). The van der Waals surface area contributed by atoms with E-state index < -0.39 is 28.4 Å². The normalized spacial score (nSPS) is 18.0. The molecule has 1 fully saturated rings. The van der Waals surface area contributed by atoms with Crippen LogP contribution in [0.5, 0.6) is 0 Å². The molecule has 1 N–H and O–H groups in total. The third kappa shape index (κ3) is 3.34. The standard InChI is InChI=1S/C20H12ClN3O5S/c21-13-5-1-11(2-6-13)16-15(17(25)12-3-7-14(8-4-12)24(28)29)18(26)19(27)23(16)20-22-9-10-30-20/h1-10,16,25H/b17-15+/t16-/m1/s1. The number of hydrogen-bond donors (Lipinski definition) is 1. The molecule has 1 aliphatic heterocycles. The van der Waals surface area contributed by atoms with Crippen LogP contribution in [0, 0.1) is 10.1 Å². The third-order valence-corrected chi connectivity index (χ3v) is 5.63. The van der Waals surface area contributed by atoms with Gasteiger partial charge in [-0.1, -0.05) is 23.7 Å². The first-order chi connectivity index (χ1) is 14.4. The van der Waals surface area contributed by atoms with Gasteiger partial charge in [0, 0.05) is 34.3 Å². The minimum atomic E-state index is -0.927. The number of carbonyl (C=O) groups is 2. The van der Waals surface area contributed by atoms with Crippen LogP contribution >= 0.6 is 22.9 Å². The van der Waals surface area contributed by atoms with Gasteiger partial charge in [0.2, 0.25) is 0 Å². The molecule has 1 saturated heterocycles. The Kier molecular flexibility index (Phi) is 5.06. The number of aliphatic hydroxyl groups excluding tert-OH is 1. The second-order valence-corrected chi connectivity index (χ2v) is 7.65. The summed E-state index contributed by atoms with van der Waals surface area (Å²) in [6, 6.07) is 10.7. The van der Waals surface area contributed by atoms with Crippen molar-refractivity contribution in [2.75, 3.05) is 4.90 Å². The van der Waals surface area contributed by atoms with E-state index in [4.69, 9.17) is 11.6 Å². The van der Waals surface area contributed by atoms with Crippen LogP contribution in [0.1, 0.15) is 17.2 Å². The van der Waals surface area contributed by atoms with E-state index in [1.807, 2.05) is 0 Å². The maximum absolute atomic E-state index is 12.9. The van der Waals surface area contributed by atoms with E-state index >= 15 is 0 Å². The third-order valence-electron chi connectivity index (χ3n) is 4.61. The molecule has 30 heavy (non-hydrogen) atoms. The van der Waals surface area contributed by atoms with Gasteiger partial charge in [-0.25, -0.2) is 4.98 Å². The van der Waals surface area contributed by atoms with Crippen molar-refractivity contribution in [3.8, 4) is 0 Å². The first-order valence-electron chi connectivity index (χ1n) is 8.59. The number of aromatic nitrogens is 1. The number of nitrogens with zero attached hydrogens (tertiary/aromatic N) is 3. The highest BCUT2D eigenvalue weighted by Gasteiger charge is 2.47. The number of aliphatic hydroxyl groups is 1. The van der Waals surface area contributed by atoms with E-state index in [2.05, 4.69) is 4.98 Å². The minimum Gasteiger partial charge on any atom is -0.507 e. The molecule has 150 valence electrons. The summed E-state index contributed by atoms with van der Waals surface area (Å²) in [7, 11) is 0. The number of thiazole rings is 1. The van der Waals surface area contributed by atoms with E-state index in [0.29, 0.717) is 15.7 Å². The van der Waals surface area contributed by atoms with E-state index in [1.165, 1.54) is 46.7 Å². The van der Waals surface area contributed by atoms with Crippen molar-refractivity contribution in [2.45, 2.75) is 6.04 Å². The number of anilines is 1. The Bertz CT molecular complexity index is 1170. The summed E-state index contributed by atoms with van der Waals surface area (Å²) in [6.45, 7) is 0. The van der Waals surface area contributed by atoms with Crippen molar-refractivity contribution < 1.29 is 19.6 Å². The summed E-state index contributed by atoms with van der Waals surface area (Å²) in [5, 5.41) is 24.2. The number of nitro groups is 1. The van der Waals surface area contributed by atoms with Crippen molar-refractivity contribution in [1.82, 2.24) is 4.98 Å². The van der Waals surface area contributed by atoms with Crippen LogP contribution < -0.4 is 4.90 Å². The molecule has 8 nitrogen and oxygen atoms in total. The molecule has 0 radical (unpaired) electrons. The van der Waals surface area contributed by atoms with E-state index in [9.17, 15) is 24.8 Å². The molecule has 0 spiro atoms. The van der Waals surface area contributed by atoms with Gasteiger partial charge in [-0.2, -0.15) is 0 Å². The number of Topliss-reactive ketones (excluding diaryl/α,β-unsaturated/α-hetero) is 1. The van der Waals surface area contributed by atoms with E-state index in [0.717, 1.165) is 0 Å².